The Labute approximate surface area is 139 Å². The molecular formula is C18H19FN2O3. The quantitative estimate of drug-likeness (QED) is 0.885. The molecule has 24 heavy (non-hydrogen) atoms. The lowest BCUT2D eigenvalue weighted by molar-refractivity contribution is 0.0946. The van der Waals surface area contributed by atoms with Crippen molar-refractivity contribution < 1.29 is 18.7 Å². The van der Waals surface area contributed by atoms with E-state index in [0.29, 0.717) is 36.6 Å². The average Bonchev–Trinajstić information content (AvgIpc) is 2.60. The topological polar surface area (TPSA) is 59.6 Å². The van der Waals surface area contributed by atoms with Gasteiger partial charge in [-0.15, -0.1) is 0 Å². The molecule has 2 aromatic rings. The first-order chi connectivity index (χ1) is 11.6. The maximum atomic E-state index is 14.3. The normalized spacial score (nSPS) is 13.0. The largest absolute Gasteiger partial charge is 0.497 e. The van der Waals surface area contributed by atoms with E-state index in [0.717, 1.165) is 11.1 Å². The lowest BCUT2D eigenvalue weighted by Gasteiger charge is -2.19. The fourth-order valence-electron chi connectivity index (χ4n) is 2.78. The maximum absolute atomic E-state index is 14.3. The molecule has 0 unspecified atom stereocenters. The third-order valence-electron chi connectivity index (χ3n) is 4.07. The van der Waals surface area contributed by atoms with E-state index in [4.69, 9.17) is 9.47 Å². The molecule has 1 amide bonds. The highest BCUT2D eigenvalue weighted by molar-refractivity contribution is 5.97. The Morgan fingerprint density at radius 1 is 1.21 bits per heavy atom. The van der Waals surface area contributed by atoms with Crippen LogP contribution in [0.15, 0.2) is 30.3 Å². The fourth-order valence-corrected chi connectivity index (χ4v) is 2.78. The minimum Gasteiger partial charge on any atom is -0.497 e. The number of methoxy groups -OCH3 is 2. The minimum atomic E-state index is -0.370. The van der Waals surface area contributed by atoms with Crippen molar-refractivity contribution in [2.24, 2.45) is 0 Å². The summed E-state index contributed by atoms with van der Waals surface area (Å²) in [5.74, 6) is 0.834. The first-order valence-corrected chi connectivity index (χ1v) is 7.67. The highest BCUT2D eigenvalue weighted by Crippen LogP contribution is 2.27. The van der Waals surface area contributed by atoms with Crippen LogP contribution in [0.5, 0.6) is 11.5 Å². The number of ether oxygens (including phenoxy) is 2. The molecule has 1 aliphatic rings. The predicted octanol–water partition coefficient (Wildman–Crippen LogP) is 2.74. The third kappa shape index (κ3) is 3.13. The van der Waals surface area contributed by atoms with Crippen LogP contribution >= 0.6 is 0 Å². The van der Waals surface area contributed by atoms with Crippen LogP contribution in [0.1, 0.15) is 21.5 Å². The minimum absolute atomic E-state index is 0.168. The average molecular weight is 330 g/mol. The monoisotopic (exact) mass is 330 g/mol. The second kappa shape index (κ2) is 6.78. The van der Waals surface area contributed by atoms with E-state index in [1.165, 1.54) is 6.07 Å². The zero-order valence-electron chi connectivity index (χ0n) is 13.6. The standard InChI is InChI=1S/C18H19FN2O3/c1-23-13-3-4-17(24-2)12(7-13)10-21-16-9-14-11(8-15(16)19)5-6-20-18(14)22/h3-4,7-9,21H,5-6,10H2,1-2H3,(H,20,22). The van der Waals surface area contributed by atoms with Crippen molar-refractivity contribution in [3.63, 3.8) is 0 Å². The second-order valence-corrected chi connectivity index (χ2v) is 5.53. The summed E-state index contributed by atoms with van der Waals surface area (Å²) in [4.78, 5) is 11.9. The first-order valence-electron chi connectivity index (χ1n) is 7.67. The Balaban J connectivity index is 1.85. The number of amides is 1. The second-order valence-electron chi connectivity index (χ2n) is 5.53. The van der Waals surface area contributed by atoms with Crippen LogP contribution in [0.25, 0.3) is 0 Å². The smallest absolute Gasteiger partial charge is 0.251 e. The van der Waals surface area contributed by atoms with Gasteiger partial charge in [-0.1, -0.05) is 0 Å². The number of nitrogens with one attached hydrogen (secondary N) is 2. The van der Waals surface area contributed by atoms with Crippen molar-refractivity contribution in [3.05, 3.63) is 52.8 Å². The van der Waals surface area contributed by atoms with Crippen molar-refractivity contribution >= 4 is 11.6 Å². The van der Waals surface area contributed by atoms with Crippen molar-refractivity contribution in [3.8, 4) is 11.5 Å². The van der Waals surface area contributed by atoms with E-state index in [2.05, 4.69) is 10.6 Å². The number of benzene rings is 2. The van der Waals surface area contributed by atoms with E-state index in [1.54, 1.807) is 32.4 Å². The zero-order chi connectivity index (χ0) is 17.1. The van der Waals surface area contributed by atoms with Gasteiger partial charge in [0.05, 0.1) is 19.9 Å². The van der Waals surface area contributed by atoms with Crippen LogP contribution in [0.2, 0.25) is 0 Å². The Morgan fingerprint density at radius 2 is 2.04 bits per heavy atom. The first kappa shape index (κ1) is 16.1. The Bertz CT molecular complexity index is 777. The number of halogens is 1. The summed E-state index contributed by atoms with van der Waals surface area (Å²) in [5, 5.41) is 5.80. The van der Waals surface area contributed by atoms with Crippen LogP contribution in [0.3, 0.4) is 0 Å². The maximum Gasteiger partial charge on any atom is 0.251 e. The molecule has 5 nitrogen and oxygen atoms in total. The zero-order valence-corrected chi connectivity index (χ0v) is 13.6. The molecule has 0 aromatic heterocycles. The summed E-state index contributed by atoms with van der Waals surface area (Å²) < 4.78 is 24.8. The van der Waals surface area contributed by atoms with Crippen LogP contribution in [0, 0.1) is 5.82 Å². The van der Waals surface area contributed by atoms with Crippen molar-refractivity contribution in [1.82, 2.24) is 5.32 Å². The van der Waals surface area contributed by atoms with Gasteiger partial charge in [0.1, 0.15) is 17.3 Å². The molecule has 6 heteroatoms. The molecule has 0 fully saturated rings. The molecule has 2 N–H and O–H groups in total. The van der Waals surface area contributed by atoms with Gasteiger partial charge in [0, 0.05) is 24.2 Å². The van der Waals surface area contributed by atoms with Crippen LogP contribution in [-0.4, -0.2) is 26.7 Å². The number of hydrogen-bond donors (Lipinski definition) is 2. The molecule has 0 bridgehead atoms. The number of rotatable bonds is 5. The molecule has 1 aliphatic heterocycles. The molecule has 0 atom stereocenters. The molecule has 3 rings (SSSR count). The third-order valence-corrected chi connectivity index (χ3v) is 4.07. The summed E-state index contributed by atoms with van der Waals surface area (Å²) in [7, 11) is 3.16. The number of carbonyl (C=O) groups excluding carboxylic acids is 1. The van der Waals surface area contributed by atoms with Crippen molar-refractivity contribution in [1.29, 1.82) is 0 Å². The highest BCUT2D eigenvalue weighted by Gasteiger charge is 2.19. The van der Waals surface area contributed by atoms with Gasteiger partial charge >= 0.3 is 0 Å². The van der Waals surface area contributed by atoms with Gasteiger partial charge < -0.3 is 20.1 Å². The van der Waals surface area contributed by atoms with E-state index in [-0.39, 0.29) is 17.4 Å². The summed E-state index contributed by atoms with van der Waals surface area (Å²) in [6, 6.07) is 8.42. The lowest BCUT2D eigenvalue weighted by atomic mass is 9.99. The summed E-state index contributed by atoms with van der Waals surface area (Å²) in [6.07, 6.45) is 0.641. The molecule has 0 spiro atoms. The van der Waals surface area contributed by atoms with Crippen molar-refractivity contribution in [2.75, 3.05) is 26.1 Å². The molecule has 0 saturated heterocycles. The van der Waals surface area contributed by atoms with E-state index in [9.17, 15) is 9.18 Å². The summed E-state index contributed by atoms with van der Waals surface area (Å²) in [6.45, 7) is 0.886. The Morgan fingerprint density at radius 3 is 2.79 bits per heavy atom. The molecule has 126 valence electrons. The van der Waals surface area contributed by atoms with Gasteiger partial charge in [-0.25, -0.2) is 4.39 Å². The van der Waals surface area contributed by atoms with Crippen LogP contribution < -0.4 is 20.1 Å². The van der Waals surface area contributed by atoms with Gasteiger partial charge in [0.25, 0.3) is 5.91 Å². The Kier molecular flexibility index (Phi) is 4.55. The van der Waals surface area contributed by atoms with Gasteiger partial charge in [-0.3, -0.25) is 4.79 Å². The van der Waals surface area contributed by atoms with E-state index >= 15 is 0 Å². The summed E-state index contributed by atoms with van der Waals surface area (Å²) >= 11 is 0. The van der Waals surface area contributed by atoms with Crippen molar-refractivity contribution in [2.45, 2.75) is 13.0 Å². The number of fused-ring (bicyclic) bond motifs is 1. The predicted molar refractivity (Wildman–Crippen MR) is 89.3 cm³/mol. The molecular weight excluding hydrogens is 311 g/mol. The van der Waals surface area contributed by atoms with Gasteiger partial charge in [0.2, 0.25) is 0 Å². The highest BCUT2D eigenvalue weighted by atomic mass is 19.1. The molecule has 2 aromatic carbocycles. The molecule has 0 aliphatic carbocycles. The molecule has 0 radical (unpaired) electrons. The van der Waals surface area contributed by atoms with Crippen LogP contribution in [-0.2, 0) is 13.0 Å². The van der Waals surface area contributed by atoms with E-state index in [1.807, 2.05) is 6.07 Å². The number of hydrogen-bond acceptors (Lipinski definition) is 4. The summed E-state index contributed by atoms with van der Waals surface area (Å²) in [5.41, 5.74) is 2.37. The Hall–Kier alpha value is -2.76. The fraction of sp³-hybridized carbons (Fsp3) is 0.278. The number of carbonyl (C=O) groups is 1. The van der Waals surface area contributed by atoms with Crippen LogP contribution in [0.4, 0.5) is 10.1 Å². The SMILES string of the molecule is COc1ccc(OC)c(CNc2cc3c(cc2F)CCNC3=O)c1. The number of anilines is 1. The molecule has 0 saturated carbocycles. The van der Waals surface area contributed by atoms with E-state index < -0.39 is 0 Å². The van der Waals surface area contributed by atoms with Gasteiger partial charge in [0.15, 0.2) is 0 Å². The van der Waals surface area contributed by atoms with Gasteiger partial charge in [-0.2, -0.15) is 0 Å². The molecule has 1 heterocycles. The lowest BCUT2D eigenvalue weighted by Crippen LogP contribution is -2.32. The van der Waals surface area contributed by atoms with Gasteiger partial charge in [-0.05, 0) is 42.3 Å².